The second kappa shape index (κ2) is 13.9. The van der Waals surface area contributed by atoms with Crippen LogP contribution in [-0.4, -0.2) is 43.4 Å². The van der Waals surface area contributed by atoms with E-state index < -0.39 is 5.97 Å². The number of benzene rings is 2. The van der Waals surface area contributed by atoms with Gasteiger partial charge in [-0.2, -0.15) is 0 Å². The van der Waals surface area contributed by atoms with E-state index in [4.69, 9.17) is 18.6 Å². The lowest BCUT2D eigenvalue weighted by molar-refractivity contribution is -0.143. The number of amides is 1. The van der Waals surface area contributed by atoms with Crippen molar-refractivity contribution in [1.82, 2.24) is 0 Å². The summed E-state index contributed by atoms with van der Waals surface area (Å²) in [6.45, 7) is 4.40. The van der Waals surface area contributed by atoms with Gasteiger partial charge in [-0.05, 0) is 50.6 Å². The SMILES string of the molecule is CCOC(=O)CCCOc1cccc2cc(-c3cc(NC(=O)CSc4ccccc4)c(C(=O)OCC)s3)oc12. The Labute approximate surface area is 234 Å². The highest BCUT2D eigenvalue weighted by Gasteiger charge is 2.22. The van der Waals surface area contributed by atoms with Gasteiger partial charge in [0.1, 0.15) is 10.6 Å². The van der Waals surface area contributed by atoms with Crippen LogP contribution in [-0.2, 0) is 19.1 Å². The maximum absolute atomic E-state index is 12.7. The van der Waals surface area contributed by atoms with Gasteiger partial charge in [0.25, 0.3) is 0 Å². The zero-order valence-electron chi connectivity index (χ0n) is 21.7. The fourth-order valence-corrected chi connectivity index (χ4v) is 5.39. The first-order valence-electron chi connectivity index (χ1n) is 12.6. The Morgan fingerprint density at radius 2 is 1.77 bits per heavy atom. The van der Waals surface area contributed by atoms with E-state index in [1.54, 1.807) is 26.0 Å². The Kier molecular flexibility index (Phi) is 10.0. The smallest absolute Gasteiger partial charge is 0.350 e. The number of furan rings is 1. The minimum absolute atomic E-state index is 0.193. The van der Waals surface area contributed by atoms with E-state index in [0.717, 1.165) is 10.3 Å². The van der Waals surface area contributed by atoms with Crippen LogP contribution in [0.25, 0.3) is 21.6 Å². The first-order valence-corrected chi connectivity index (χ1v) is 14.4. The van der Waals surface area contributed by atoms with E-state index in [0.29, 0.717) is 52.2 Å². The topological polar surface area (TPSA) is 104 Å². The molecule has 0 saturated carbocycles. The largest absolute Gasteiger partial charge is 0.490 e. The van der Waals surface area contributed by atoms with Crippen LogP contribution in [0.5, 0.6) is 5.75 Å². The van der Waals surface area contributed by atoms with E-state index in [1.165, 1.54) is 23.1 Å². The van der Waals surface area contributed by atoms with Gasteiger partial charge in [-0.3, -0.25) is 9.59 Å². The molecule has 4 rings (SSSR count). The van der Waals surface area contributed by atoms with Crippen LogP contribution in [0.3, 0.4) is 0 Å². The third kappa shape index (κ3) is 7.64. The normalized spacial score (nSPS) is 10.8. The molecule has 8 nitrogen and oxygen atoms in total. The van der Waals surface area contributed by atoms with Crippen molar-refractivity contribution in [3.63, 3.8) is 0 Å². The molecule has 1 amide bonds. The molecule has 39 heavy (non-hydrogen) atoms. The second-order valence-corrected chi connectivity index (χ2v) is 10.4. The molecular weight excluding hydrogens is 538 g/mol. The third-order valence-corrected chi connectivity index (χ3v) is 7.56. The zero-order chi connectivity index (χ0) is 27.6. The number of para-hydroxylation sites is 1. The van der Waals surface area contributed by atoms with Crippen molar-refractivity contribution in [2.24, 2.45) is 0 Å². The number of hydrogen-bond acceptors (Lipinski definition) is 9. The van der Waals surface area contributed by atoms with Crippen molar-refractivity contribution in [2.75, 3.05) is 30.9 Å². The number of carbonyl (C=O) groups is 3. The predicted molar refractivity (Wildman–Crippen MR) is 153 cm³/mol. The molecule has 0 aliphatic carbocycles. The van der Waals surface area contributed by atoms with Crippen molar-refractivity contribution in [1.29, 1.82) is 0 Å². The molecule has 2 aromatic heterocycles. The molecule has 0 radical (unpaired) electrons. The highest BCUT2D eigenvalue weighted by molar-refractivity contribution is 8.00. The van der Waals surface area contributed by atoms with Gasteiger partial charge < -0.3 is 23.9 Å². The average molecular weight is 568 g/mol. The standard InChI is InChI=1S/C29H29NO7S2/c1-3-34-26(32)14-9-15-36-22-13-8-10-19-16-23(37-27(19)22)24-17-21(28(39-24)29(33)35-4-2)30-25(31)18-38-20-11-6-5-7-12-20/h5-8,10-13,16-17H,3-4,9,14-15,18H2,1-2H3,(H,30,31). The molecule has 0 aliphatic heterocycles. The molecule has 0 bridgehead atoms. The molecule has 0 fully saturated rings. The van der Waals surface area contributed by atoms with Crippen molar-refractivity contribution < 1.29 is 33.0 Å². The lowest BCUT2D eigenvalue weighted by atomic mass is 10.2. The number of thiophene rings is 1. The number of ether oxygens (including phenoxy) is 3. The number of esters is 2. The van der Waals surface area contributed by atoms with Crippen molar-refractivity contribution in [3.8, 4) is 16.4 Å². The summed E-state index contributed by atoms with van der Waals surface area (Å²) in [6.07, 6.45) is 0.791. The van der Waals surface area contributed by atoms with Gasteiger partial charge in [0.2, 0.25) is 5.91 Å². The molecule has 2 aromatic carbocycles. The maximum atomic E-state index is 12.7. The van der Waals surface area contributed by atoms with Gasteiger partial charge in [-0.15, -0.1) is 23.1 Å². The Morgan fingerprint density at radius 3 is 2.54 bits per heavy atom. The van der Waals surface area contributed by atoms with E-state index in [9.17, 15) is 14.4 Å². The Balaban J connectivity index is 1.51. The van der Waals surface area contributed by atoms with Gasteiger partial charge in [0.05, 0.1) is 36.1 Å². The molecule has 0 atom stereocenters. The van der Waals surface area contributed by atoms with E-state index >= 15 is 0 Å². The molecule has 0 aliphatic rings. The van der Waals surface area contributed by atoms with Crippen LogP contribution < -0.4 is 10.1 Å². The molecule has 0 saturated heterocycles. The number of thioether (sulfide) groups is 1. The van der Waals surface area contributed by atoms with Gasteiger partial charge in [-0.25, -0.2) is 4.79 Å². The molecule has 204 valence electrons. The summed E-state index contributed by atoms with van der Waals surface area (Å²) in [5, 5.41) is 3.68. The fraction of sp³-hybridized carbons (Fsp3) is 0.276. The minimum atomic E-state index is -0.513. The predicted octanol–water partition coefficient (Wildman–Crippen LogP) is 6.79. The molecule has 2 heterocycles. The highest BCUT2D eigenvalue weighted by atomic mass is 32.2. The molecule has 10 heteroatoms. The summed E-state index contributed by atoms with van der Waals surface area (Å²) < 4.78 is 22.2. The number of rotatable bonds is 13. The summed E-state index contributed by atoms with van der Waals surface area (Å²) >= 11 is 2.59. The number of anilines is 1. The van der Waals surface area contributed by atoms with E-state index in [-0.39, 0.29) is 30.7 Å². The van der Waals surface area contributed by atoms with Crippen molar-refractivity contribution >= 4 is 57.6 Å². The highest BCUT2D eigenvalue weighted by Crippen LogP contribution is 2.40. The number of carbonyl (C=O) groups excluding carboxylic acids is 3. The Hall–Kier alpha value is -3.76. The summed E-state index contributed by atoms with van der Waals surface area (Å²) in [5.41, 5.74) is 0.933. The number of hydrogen-bond donors (Lipinski definition) is 1. The van der Waals surface area contributed by atoms with Gasteiger partial charge >= 0.3 is 11.9 Å². The number of fused-ring (bicyclic) bond motifs is 1. The van der Waals surface area contributed by atoms with Crippen LogP contribution in [0.4, 0.5) is 5.69 Å². The van der Waals surface area contributed by atoms with Gasteiger partial charge in [-0.1, -0.05) is 30.3 Å². The van der Waals surface area contributed by atoms with Gasteiger partial charge in [0.15, 0.2) is 11.3 Å². The maximum Gasteiger partial charge on any atom is 0.350 e. The van der Waals surface area contributed by atoms with E-state index in [2.05, 4.69) is 5.32 Å². The third-order valence-electron chi connectivity index (χ3n) is 5.42. The average Bonchev–Trinajstić information content (AvgIpc) is 3.56. The van der Waals surface area contributed by atoms with Crippen LogP contribution in [0.15, 0.2) is 70.0 Å². The molecule has 0 unspecified atom stereocenters. The molecule has 0 spiro atoms. The van der Waals surface area contributed by atoms with Crippen LogP contribution >= 0.6 is 23.1 Å². The summed E-state index contributed by atoms with van der Waals surface area (Å²) in [4.78, 5) is 38.9. The molecular formula is C29H29NO7S2. The lowest BCUT2D eigenvalue weighted by Gasteiger charge is -2.06. The van der Waals surface area contributed by atoms with Crippen LogP contribution in [0, 0.1) is 0 Å². The minimum Gasteiger partial charge on any atom is -0.490 e. The summed E-state index contributed by atoms with van der Waals surface area (Å²) in [6, 6.07) is 18.8. The van der Waals surface area contributed by atoms with Gasteiger partial charge in [0, 0.05) is 16.7 Å². The van der Waals surface area contributed by atoms with Crippen molar-refractivity contribution in [3.05, 3.63) is 65.5 Å². The quantitative estimate of drug-likeness (QED) is 0.107. The molecule has 4 aromatic rings. The van der Waals surface area contributed by atoms with Crippen LogP contribution in [0.2, 0.25) is 0 Å². The van der Waals surface area contributed by atoms with Crippen LogP contribution in [0.1, 0.15) is 36.4 Å². The second-order valence-electron chi connectivity index (χ2n) is 8.27. The first kappa shape index (κ1) is 28.3. The van der Waals surface area contributed by atoms with E-state index in [1.807, 2.05) is 48.5 Å². The summed E-state index contributed by atoms with van der Waals surface area (Å²) in [7, 11) is 0. The summed E-state index contributed by atoms with van der Waals surface area (Å²) in [5.74, 6) is 0.275. The zero-order valence-corrected chi connectivity index (χ0v) is 23.3. The Bertz CT molecular complexity index is 1430. The molecule has 1 N–H and O–H groups in total. The Morgan fingerprint density at radius 1 is 0.974 bits per heavy atom. The van der Waals surface area contributed by atoms with Crippen molar-refractivity contribution in [2.45, 2.75) is 31.6 Å². The first-order chi connectivity index (χ1) is 19.0. The lowest BCUT2D eigenvalue weighted by Crippen LogP contribution is -2.16. The monoisotopic (exact) mass is 567 g/mol. The number of nitrogens with one attached hydrogen (secondary N) is 1. The fourth-order valence-electron chi connectivity index (χ4n) is 3.71.